The Morgan fingerprint density at radius 3 is 2.39 bits per heavy atom. The van der Waals surface area contributed by atoms with E-state index in [0.29, 0.717) is 18.3 Å². The molecule has 3 heteroatoms. The van der Waals surface area contributed by atoms with Crippen molar-refractivity contribution in [1.82, 2.24) is 0 Å². The van der Waals surface area contributed by atoms with Gasteiger partial charge in [0.2, 0.25) is 0 Å². The summed E-state index contributed by atoms with van der Waals surface area (Å²) in [5.74, 6) is 0.197. The molecule has 2 N–H and O–H groups in total. The van der Waals surface area contributed by atoms with Gasteiger partial charge in [0.05, 0.1) is 0 Å². The molecule has 0 radical (unpaired) electrons. The SMILES string of the molecule is CC1CCC(N)(Cc2c(F)cccc2F)CC1C. The number of hydrogen-bond acceptors (Lipinski definition) is 1. The predicted molar refractivity (Wildman–Crippen MR) is 69.2 cm³/mol. The largest absolute Gasteiger partial charge is 0.325 e. The lowest BCUT2D eigenvalue weighted by molar-refractivity contribution is 0.174. The quantitative estimate of drug-likeness (QED) is 0.855. The number of halogens is 2. The Morgan fingerprint density at radius 2 is 1.83 bits per heavy atom. The van der Waals surface area contributed by atoms with Gasteiger partial charge < -0.3 is 5.73 Å². The summed E-state index contributed by atoms with van der Waals surface area (Å²) in [4.78, 5) is 0. The third-order valence-corrected chi connectivity index (χ3v) is 4.39. The predicted octanol–water partition coefficient (Wildman–Crippen LogP) is 3.66. The highest BCUT2D eigenvalue weighted by atomic mass is 19.1. The van der Waals surface area contributed by atoms with Gasteiger partial charge in [0.1, 0.15) is 11.6 Å². The highest BCUT2D eigenvalue weighted by Gasteiger charge is 2.35. The number of nitrogens with two attached hydrogens (primary N) is 1. The van der Waals surface area contributed by atoms with E-state index < -0.39 is 17.2 Å². The summed E-state index contributed by atoms with van der Waals surface area (Å²) in [7, 11) is 0. The monoisotopic (exact) mass is 253 g/mol. The van der Waals surface area contributed by atoms with Gasteiger partial charge >= 0.3 is 0 Å². The van der Waals surface area contributed by atoms with Gasteiger partial charge in [0.25, 0.3) is 0 Å². The van der Waals surface area contributed by atoms with E-state index in [1.165, 1.54) is 18.2 Å². The maximum Gasteiger partial charge on any atom is 0.129 e. The van der Waals surface area contributed by atoms with Gasteiger partial charge in [0, 0.05) is 11.1 Å². The Morgan fingerprint density at radius 1 is 1.22 bits per heavy atom. The van der Waals surface area contributed by atoms with E-state index in [-0.39, 0.29) is 5.56 Å². The van der Waals surface area contributed by atoms with E-state index in [2.05, 4.69) is 13.8 Å². The second kappa shape index (κ2) is 4.96. The van der Waals surface area contributed by atoms with Crippen LogP contribution in [0.25, 0.3) is 0 Å². The van der Waals surface area contributed by atoms with E-state index in [1.807, 2.05) is 0 Å². The minimum Gasteiger partial charge on any atom is -0.325 e. The van der Waals surface area contributed by atoms with E-state index >= 15 is 0 Å². The van der Waals surface area contributed by atoms with Crippen molar-refractivity contribution < 1.29 is 8.78 Å². The fourth-order valence-corrected chi connectivity index (χ4v) is 2.96. The highest BCUT2D eigenvalue weighted by Crippen LogP contribution is 2.37. The van der Waals surface area contributed by atoms with Crippen LogP contribution in [0.2, 0.25) is 0 Å². The van der Waals surface area contributed by atoms with E-state index in [0.717, 1.165) is 19.3 Å². The second-order valence-corrected chi connectivity index (χ2v) is 5.94. The van der Waals surface area contributed by atoms with Gasteiger partial charge in [-0.3, -0.25) is 0 Å². The summed E-state index contributed by atoms with van der Waals surface area (Å²) in [6.07, 6.45) is 3.00. The van der Waals surface area contributed by atoms with Crippen LogP contribution in [-0.2, 0) is 6.42 Å². The minimum absolute atomic E-state index is 0.141. The zero-order chi connectivity index (χ0) is 13.3. The van der Waals surface area contributed by atoms with Crippen LogP contribution in [0.4, 0.5) is 8.78 Å². The molecule has 1 aliphatic carbocycles. The van der Waals surface area contributed by atoms with Crippen LogP contribution in [0, 0.1) is 23.5 Å². The molecule has 0 saturated heterocycles. The molecule has 1 aromatic carbocycles. The maximum atomic E-state index is 13.7. The summed E-state index contributed by atoms with van der Waals surface area (Å²) in [6, 6.07) is 4.00. The zero-order valence-electron chi connectivity index (χ0n) is 11.0. The first-order chi connectivity index (χ1) is 8.41. The molecule has 100 valence electrons. The van der Waals surface area contributed by atoms with Crippen LogP contribution < -0.4 is 5.73 Å². The molecule has 1 fully saturated rings. The normalized spacial score (nSPS) is 32.5. The van der Waals surface area contributed by atoms with Gasteiger partial charge in [-0.2, -0.15) is 0 Å². The lowest BCUT2D eigenvalue weighted by Gasteiger charge is -2.40. The molecule has 0 aromatic heterocycles. The van der Waals surface area contributed by atoms with Crippen molar-refractivity contribution in [2.75, 3.05) is 0 Å². The molecule has 3 unspecified atom stereocenters. The van der Waals surface area contributed by atoms with Crippen molar-refractivity contribution in [3.63, 3.8) is 0 Å². The van der Waals surface area contributed by atoms with Crippen LogP contribution >= 0.6 is 0 Å². The summed E-state index contributed by atoms with van der Waals surface area (Å²) >= 11 is 0. The van der Waals surface area contributed by atoms with Crippen LogP contribution in [0.1, 0.15) is 38.7 Å². The molecule has 1 nitrogen and oxygen atoms in total. The minimum atomic E-state index is -0.480. The standard InChI is InChI=1S/C15H21F2N/c1-10-6-7-15(18,8-11(10)2)9-12-13(16)4-3-5-14(12)17/h3-5,10-11H,6-9,18H2,1-2H3. The zero-order valence-corrected chi connectivity index (χ0v) is 11.0. The average Bonchev–Trinajstić information content (AvgIpc) is 2.30. The fraction of sp³-hybridized carbons (Fsp3) is 0.600. The highest BCUT2D eigenvalue weighted by molar-refractivity contribution is 5.22. The van der Waals surface area contributed by atoms with Gasteiger partial charge in [-0.25, -0.2) is 8.78 Å². The first kappa shape index (κ1) is 13.5. The Bertz CT molecular complexity index is 412. The van der Waals surface area contributed by atoms with Crippen LogP contribution in [0.15, 0.2) is 18.2 Å². The van der Waals surface area contributed by atoms with Crippen LogP contribution in [0.5, 0.6) is 0 Å². The molecule has 18 heavy (non-hydrogen) atoms. The van der Waals surface area contributed by atoms with Crippen molar-refractivity contribution >= 4 is 0 Å². The third-order valence-electron chi connectivity index (χ3n) is 4.39. The molecule has 1 saturated carbocycles. The van der Waals surface area contributed by atoms with Crippen molar-refractivity contribution in [3.8, 4) is 0 Å². The lowest BCUT2D eigenvalue weighted by Crippen LogP contribution is -2.48. The van der Waals surface area contributed by atoms with E-state index in [1.54, 1.807) is 0 Å². The van der Waals surface area contributed by atoms with Gasteiger partial charge in [-0.05, 0) is 49.7 Å². The summed E-state index contributed by atoms with van der Waals surface area (Å²) in [5, 5.41) is 0. The topological polar surface area (TPSA) is 26.0 Å². The molecule has 0 heterocycles. The molecule has 1 aromatic rings. The smallest absolute Gasteiger partial charge is 0.129 e. The van der Waals surface area contributed by atoms with Crippen molar-refractivity contribution in [2.45, 2.75) is 45.1 Å². The Balaban J connectivity index is 2.18. The molecule has 0 amide bonds. The van der Waals surface area contributed by atoms with E-state index in [4.69, 9.17) is 5.73 Å². The first-order valence-electron chi connectivity index (χ1n) is 6.63. The second-order valence-electron chi connectivity index (χ2n) is 5.94. The summed E-state index contributed by atoms with van der Waals surface area (Å²) in [6.45, 7) is 4.39. The van der Waals surface area contributed by atoms with Gasteiger partial charge in [-0.15, -0.1) is 0 Å². The lowest BCUT2D eigenvalue weighted by atomic mass is 9.69. The fourth-order valence-electron chi connectivity index (χ4n) is 2.96. The van der Waals surface area contributed by atoms with Crippen LogP contribution in [-0.4, -0.2) is 5.54 Å². The average molecular weight is 253 g/mol. The van der Waals surface area contributed by atoms with Crippen molar-refractivity contribution in [2.24, 2.45) is 17.6 Å². The molecule has 3 atom stereocenters. The van der Waals surface area contributed by atoms with Gasteiger partial charge in [0.15, 0.2) is 0 Å². The summed E-state index contributed by atoms with van der Waals surface area (Å²) in [5.41, 5.74) is 6.03. The number of rotatable bonds is 2. The van der Waals surface area contributed by atoms with Crippen molar-refractivity contribution in [1.29, 1.82) is 0 Å². The van der Waals surface area contributed by atoms with Crippen LogP contribution in [0.3, 0.4) is 0 Å². The third kappa shape index (κ3) is 2.72. The molecule has 0 aliphatic heterocycles. The molecule has 2 rings (SSSR count). The maximum absolute atomic E-state index is 13.7. The molecule has 0 bridgehead atoms. The Kier molecular flexibility index (Phi) is 3.71. The number of hydrogen-bond donors (Lipinski definition) is 1. The Hall–Kier alpha value is -0.960. The molecule has 0 spiro atoms. The summed E-state index contributed by atoms with van der Waals surface area (Å²) < 4.78 is 27.3. The molecular formula is C15H21F2N. The number of benzene rings is 1. The molecule has 1 aliphatic rings. The Labute approximate surface area is 107 Å². The van der Waals surface area contributed by atoms with Crippen molar-refractivity contribution in [3.05, 3.63) is 35.4 Å². The molecular weight excluding hydrogens is 232 g/mol. The first-order valence-corrected chi connectivity index (χ1v) is 6.63. The van der Waals surface area contributed by atoms with Gasteiger partial charge in [-0.1, -0.05) is 19.9 Å². The van der Waals surface area contributed by atoms with E-state index in [9.17, 15) is 8.78 Å².